The minimum atomic E-state index is -4.36. The lowest BCUT2D eigenvalue weighted by Crippen LogP contribution is -2.28. The minimum Gasteiger partial charge on any atom is -0.490 e. The monoisotopic (exact) mass is 260 g/mol. The van der Waals surface area contributed by atoms with Crippen molar-refractivity contribution in [3.8, 4) is 5.75 Å². The lowest BCUT2D eigenvalue weighted by atomic mass is 9.96. The first kappa shape index (κ1) is 13.2. The van der Waals surface area contributed by atoms with Crippen LogP contribution in [0.1, 0.15) is 31.4 Å². The molecule has 0 saturated heterocycles. The van der Waals surface area contributed by atoms with Gasteiger partial charge in [0.1, 0.15) is 11.9 Å². The Morgan fingerprint density at radius 2 is 2.00 bits per heavy atom. The standard InChI is InChI=1S/C13H15F3O2/c1-12(2,17)7-8-6-9-10(13(14,15)16)4-3-5-11(9)18-8/h3-5,8,17H,6-7H2,1-2H3. The second kappa shape index (κ2) is 4.16. The summed E-state index contributed by atoms with van der Waals surface area (Å²) in [4.78, 5) is 0. The normalized spacial score (nSPS) is 19.6. The van der Waals surface area contributed by atoms with E-state index in [1.807, 2.05) is 0 Å². The summed E-state index contributed by atoms with van der Waals surface area (Å²) in [5.74, 6) is 0.277. The molecule has 1 heterocycles. The summed E-state index contributed by atoms with van der Waals surface area (Å²) < 4.78 is 43.9. The van der Waals surface area contributed by atoms with Gasteiger partial charge >= 0.3 is 6.18 Å². The van der Waals surface area contributed by atoms with Gasteiger partial charge in [0.15, 0.2) is 0 Å². The van der Waals surface area contributed by atoms with Gasteiger partial charge in [0.05, 0.1) is 11.2 Å². The number of aliphatic hydroxyl groups is 1. The molecule has 0 radical (unpaired) electrons. The Bertz CT molecular complexity index is 447. The fourth-order valence-electron chi connectivity index (χ4n) is 2.27. The molecule has 0 bridgehead atoms. The van der Waals surface area contributed by atoms with Gasteiger partial charge in [0.25, 0.3) is 0 Å². The minimum absolute atomic E-state index is 0.189. The van der Waals surface area contributed by atoms with E-state index in [0.29, 0.717) is 6.42 Å². The molecular weight excluding hydrogens is 245 g/mol. The summed E-state index contributed by atoms with van der Waals surface area (Å²) in [5, 5.41) is 9.68. The Labute approximate surface area is 103 Å². The molecule has 1 N–H and O–H groups in total. The third-order valence-electron chi connectivity index (χ3n) is 2.89. The predicted molar refractivity (Wildman–Crippen MR) is 60.5 cm³/mol. The first-order valence-corrected chi connectivity index (χ1v) is 5.75. The van der Waals surface area contributed by atoms with Crippen LogP contribution in [-0.4, -0.2) is 16.8 Å². The molecule has 18 heavy (non-hydrogen) atoms. The second-order valence-electron chi connectivity index (χ2n) is 5.24. The zero-order valence-electron chi connectivity index (χ0n) is 10.2. The van der Waals surface area contributed by atoms with Crippen molar-refractivity contribution in [3.05, 3.63) is 29.3 Å². The van der Waals surface area contributed by atoms with E-state index in [1.54, 1.807) is 13.8 Å². The van der Waals surface area contributed by atoms with Gasteiger partial charge in [-0.25, -0.2) is 0 Å². The summed E-state index contributed by atoms with van der Waals surface area (Å²) >= 11 is 0. The van der Waals surface area contributed by atoms with Gasteiger partial charge in [0.2, 0.25) is 0 Å². The Hall–Kier alpha value is -1.23. The molecule has 0 fully saturated rings. The lowest BCUT2D eigenvalue weighted by Gasteiger charge is -2.21. The first-order chi connectivity index (χ1) is 8.17. The van der Waals surface area contributed by atoms with Crippen molar-refractivity contribution in [3.63, 3.8) is 0 Å². The molecule has 5 heteroatoms. The van der Waals surface area contributed by atoms with E-state index >= 15 is 0 Å². The summed E-state index contributed by atoms with van der Waals surface area (Å²) in [7, 11) is 0. The van der Waals surface area contributed by atoms with Crippen LogP contribution in [0.3, 0.4) is 0 Å². The maximum Gasteiger partial charge on any atom is 0.416 e. The van der Waals surface area contributed by atoms with Crippen molar-refractivity contribution in [1.82, 2.24) is 0 Å². The van der Waals surface area contributed by atoms with Crippen LogP contribution in [0.4, 0.5) is 13.2 Å². The SMILES string of the molecule is CC(C)(O)CC1Cc2c(cccc2C(F)(F)F)O1. The summed E-state index contributed by atoms with van der Waals surface area (Å²) in [6.07, 6.45) is -4.27. The lowest BCUT2D eigenvalue weighted by molar-refractivity contribution is -0.138. The molecule has 1 aromatic carbocycles. The van der Waals surface area contributed by atoms with Crippen LogP contribution < -0.4 is 4.74 Å². The number of rotatable bonds is 2. The molecule has 1 atom stereocenters. The third kappa shape index (κ3) is 2.77. The number of alkyl halides is 3. The fourth-order valence-corrected chi connectivity index (χ4v) is 2.27. The highest BCUT2D eigenvalue weighted by atomic mass is 19.4. The van der Waals surface area contributed by atoms with E-state index in [9.17, 15) is 18.3 Å². The largest absolute Gasteiger partial charge is 0.490 e. The van der Waals surface area contributed by atoms with Crippen molar-refractivity contribution in [1.29, 1.82) is 0 Å². The maximum atomic E-state index is 12.8. The van der Waals surface area contributed by atoms with E-state index in [-0.39, 0.29) is 17.7 Å². The van der Waals surface area contributed by atoms with Gasteiger partial charge in [-0.3, -0.25) is 0 Å². The zero-order valence-corrected chi connectivity index (χ0v) is 10.2. The van der Waals surface area contributed by atoms with Crippen molar-refractivity contribution < 1.29 is 23.0 Å². The van der Waals surface area contributed by atoms with Crippen LogP contribution in [0.2, 0.25) is 0 Å². The van der Waals surface area contributed by atoms with Crippen LogP contribution in [0.5, 0.6) is 5.75 Å². The fraction of sp³-hybridized carbons (Fsp3) is 0.538. The molecule has 0 aromatic heterocycles. The van der Waals surface area contributed by atoms with Crippen molar-refractivity contribution >= 4 is 0 Å². The average Bonchev–Trinajstić information content (AvgIpc) is 2.53. The van der Waals surface area contributed by atoms with Gasteiger partial charge in [-0.2, -0.15) is 13.2 Å². The average molecular weight is 260 g/mol. The first-order valence-electron chi connectivity index (χ1n) is 5.75. The van der Waals surface area contributed by atoms with Crippen LogP contribution >= 0.6 is 0 Å². The molecule has 1 unspecified atom stereocenters. The molecule has 2 rings (SSSR count). The van der Waals surface area contributed by atoms with E-state index in [0.717, 1.165) is 6.07 Å². The molecule has 0 spiro atoms. The Kier molecular flexibility index (Phi) is 3.05. The highest BCUT2D eigenvalue weighted by Gasteiger charge is 2.38. The number of hydrogen-bond donors (Lipinski definition) is 1. The van der Waals surface area contributed by atoms with E-state index in [2.05, 4.69) is 0 Å². The third-order valence-corrected chi connectivity index (χ3v) is 2.89. The topological polar surface area (TPSA) is 29.5 Å². The van der Waals surface area contributed by atoms with Gasteiger partial charge in [0, 0.05) is 18.4 Å². The molecule has 1 aromatic rings. The summed E-state index contributed by atoms with van der Waals surface area (Å²) in [6, 6.07) is 3.94. The van der Waals surface area contributed by atoms with Gasteiger partial charge in [-0.1, -0.05) is 6.07 Å². The Morgan fingerprint density at radius 1 is 1.33 bits per heavy atom. The zero-order chi connectivity index (χ0) is 13.6. The molecule has 0 saturated carbocycles. The van der Waals surface area contributed by atoms with Crippen molar-refractivity contribution in [2.45, 2.75) is 44.6 Å². The van der Waals surface area contributed by atoms with Gasteiger partial charge < -0.3 is 9.84 Å². The number of hydrogen-bond acceptors (Lipinski definition) is 2. The van der Waals surface area contributed by atoms with Gasteiger partial charge in [-0.15, -0.1) is 0 Å². The van der Waals surface area contributed by atoms with E-state index < -0.39 is 23.4 Å². The summed E-state index contributed by atoms with van der Waals surface area (Å²) in [5.41, 5.74) is -1.40. The number of fused-ring (bicyclic) bond motifs is 1. The van der Waals surface area contributed by atoms with Crippen LogP contribution in [0, 0.1) is 0 Å². The number of ether oxygens (including phenoxy) is 1. The molecule has 1 aliphatic rings. The van der Waals surface area contributed by atoms with Crippen LogP contribution in [0.15, 0.2) is 18.2 Å². The Balaban J connectivity index is 2.25. The van der Waals surface area contributed by atoms with Crippen LogP contribution in [-0.2, 0) is 12.6 Å². The molecule has 0 aliphatic carbocycles. The van der Waals surface area contributed by atoms with Crippen LogP contribution in [0.25, 0.3) is 0 Å². The van der Waals surface area contributed by atoms with E-state index in [4.69, 9.17) is 4.74 Å². The van der Waals surface area contributed by atoms with E-state index in [1.165, 1.54) is 12.1 Å². The maximum absolute atomic E-state index is 12.8. The quantitative estimate of drug-likeness (QED) is 0.885. The van der Waals surface area contributed by atoms with Crippen molar-refractivity contribution in [2.75, 3.05) is 0 Å². The highest BCUT2D eigenvalue weighted by Crippen LogP contribution is 2.41. The molecule has 2 nitrogen and oxygen atoms in total. The molecule has 100 valence electrons. The number of halogens is 3. The van der Waals surface area contributed by atoms with Crippen molar-refractivity contribution in [2.24, 2.45) is 0 Å². The smallest absolute Gasteiger partial charge is 0.416 e. The Morgan fingerprint density at radius 3 is 2.56 bits per heavy atom. The predicted octanol–water partition coefficient (Wildman–Crippen LogP) is 3.17. The number of benzene rings is 1. The molecule has 1 aliphatic heterocycles. The highest BCUT2D eigenvalue weighted by molar-refractivity contribution is 5.45. The molecular formula is C13H15F3O2. The summed E-state index contributed by atoms with van der Waals surface area (Å²) in [6.45, 7) is 3.23. The molecule has 0 amide bonds. The second-order valence-corrected chi connectivity index (χ2v) is 5.24. The van der Waals surface area contributed by atoms with Gasteiger partial charge in [-0.05, 0) is 26.0 Å².